The summed E-state index contributed by atoms with van der Waals surface area (Å²) in [5, 5.41) is 20.0. The predicted octanol–water partition coefficient (Wildman–Crippen LogP) is 0.563. The number of hydrogen-bond acceptors (Lipinski definition) is 5. The van der Waals surface area contributed by atoms with Crippen molar-refractivity contribution in [1.82, 2.24) is 10.3 Å². The fourth-order valence-corrected chi connectivity index (χ4v) is 1.52. The van der Waals surface area contributed by atoms with E-state index in [1.54, 1.807) is 0 Å². The molecule has 0 bridgehead atoms. The molecule has 106 valence electrons. The van der Waals surface area contributed by atoms with Gasteiger partial charge in [0.1, 0.15) is 17.8 Å². The quantitative estimate of drug-likeness (QED) is 0.704. The van der Waals surface area contributed by atoms with E-state index in [-0.39, 0.29) is 12.1 Å². The zero-order valence-electron chi connectivity index (χ0n) is 11.0. The summed E-state index contributed by atoms with van der Waals surface area (Å²) in [6.07, 6.45) is 2.05. The van der Waals surface area contributed by atoms with Crippen LogP contribution in [0.3, 0.4) is 0 Å². The number of pyridine rings is 1. The van der Waals surface area contributed by atoms with Crippen molar-refractivity contribution in [2.75, 3.05) is 13.7 Å². The van der Waals surface area contributed by atoms with Gasteiger partial charge in [-0.1, -0.05) is 0 Å². The SMILES string of the molecule is COCCCC(NC(=O)c1ccc(C#N)cn1)C(=O)O. The van der Waals surface area contributed by atoms with Crippen molar-refractivity contribution in [3.63, 3.8) is 0 Å². The standard InChI is InChI=1S/C13H15N3O4/c1-20-6-2-3-11(13(18)19)16-12(17)10-5-4-9(7-14)8-15-10/h4-5,8,11H,2-3,6H2,1H3,(H,16,17)(H,18,19). The van der Waals surface area contributed by atoms with Gasteiger partial charge >= 0.3 is 5.97 Å². The first-order valence-electron chi connectivity index (χ1n) is 5.97. The molecule has 7 heteroatoms. The predicted molar refractivity (Wildman–Crippen MR) is 69.0 cm³/mol. The third kappa shape index (κ3) is 4.66. The van der Waals surface area contributed by atoms with Gasteiger partial charge in [-0.3, -0.25) is 4.79 Å². The van der Waals surface area contributed by atoms with Crippen molar-refractivity contribution in [3.8, 4) is 6.07 Å². The Morgan fingerprint density at radius 3 is 2.80 bits per heavy atom. The zero-order valence-corrected chi connectivity index (χ0v) is 11.0. The second-order valence-electron chi connectivity index (χ2n) is 4.04. The molecule has 0 aromatic carbocycles. The zero-order chi connectivity index (χ0) is 15.0. The lowest BCUT2D eigenvalue weighted by atomic mass is 10.1. The van der Waals surface area contributed by atoms with Gasteiger partial charge in [0.25, 0.3) is 5.91 Å². The molecule has 0 aliphatic heterocycles. The van der Waals surface area contributed by atoms with Crippen LogP contribution in [0, 0.1) is 11.3 Å². The minimum Gasteiger partial charge on any atom is -0.480 e. The molecule has 0 radical (unpaired) electrons. The minimum absolute atomic E-state index is 0.0713. The molecular weight excluding hydrogens is 262 g/mol. The maximum atomic E-state index is 11.8. The molecule has 20 heavy (non-hydrogen) atoms. The number of ether oxygens (including phenoxy) is 1. The van der Waals surface area contributed by atoms with Crippen molar-refractivity contribution in [3.05, 3.63) is 29.6 Å². The Hall–Kier alpha value is -2.46. The summed E-state index contributed by atoms with van der Waals surface area (Å²) in [6, 6.07) is 3.72. The average molecular weight is 277 g/mol. The fourth-order valence-electron chi connectivity index (χ4n) is 1.52. The monoisotopic (exact) mass is 277 g/mol. The molecule has 0 saturated heterocycles. The first-order chi connectivity index (χ1) is 9.58. The van der Waals surface area contributed by atoms with E-state index in [4.69, 9.17) is 15.1 Å². The number of amides is 1. The molecule has 1 atom stereocenters. The number of carbonyl (C=O) groups is 2. The normalized spacial score (nSPS) is 11.4. The van der Waals surface area contributed by atoms with Crippen LogP contribution >= 0.6 is 0 Å². The lowest BCUT2D eigenvalue weighted by molar-refractivity contribution is -0.139. The highest BCUT2D eigenvalue weighted by atomic mass is 16.5. The first-order valence-corrected chi connectivity index (χ1v) is 5.97. The number of nitrogens with zero attached hydrogens (tertiary/aromatic N) is 2. The second-order valence-corrected chi connectivity index (χ2v) is 4.04. The molecule has 1 rings (SSSR count). The number of methoxy groups -OCH3 is 1. The Labute approximate surface area is 116 Å². The summed E-state index contributed by atoms with van der Waals surface area (Å²) in [5.41, 5.74) is 0.401. The number of rotatable bonds is 7. The van der Waals surface area contributed by atoms with E-state index < -0.39 is 17.9 Å². The summed E-state index contributed by atoms with van der Waals surface area (Å²) in [4.78, 5) is 26.7. The number of aromatic nitrogens is 1. The van der Waals surface area contributed by atoms with Crippen LogP contribution in [0.5, 0.6) is 0 Å². The number of carbonyl (C=O) groups excluding carboxylic acids is 1. The van der Waals surface area contributed by atoms with Gasteiger partial charge in [-0.25, -0.2) is 9.78 Å². The topological polar surface area (TPSA) is 112 Å². The summed E-state index contributed by atoms with van der Waals surface area (Å²) >= 11 is 0. The maximum absolute atomic E-state index is 11.8. The van der Waals surface area contributed by atoms with Crippen LogP contribution in [0.15, 0.2) is 18.3 Å². The Morgan fingerprint density at radius 2 is 2.30 bits per heavy atom. The molecule has 1 aromatic heterocycles. The van der Waals surface area contributed by atoms with Crippen LogP contribution < -0.4 is 5.32 Å². The van der Waals surface area contributed by atoms with Crippen molar-refractivity contribution < 1.29 is 19.4 Å². The molecule has 7 nitrogen and oxygen atoms in total. The Kier molecular flexibility index (Phi) is 6.13. The molecule has 0 aliphatic rings. The molecular formula is C13H15N3O4. The summed E-state index contributed by atoms with van der Waals surface area (Å²) in [7, 11) is 1.52. The molecule has 1 heterocycles. The average Bonchev–Trinajstić information content (AvgIpc) is 2.46. The highest BCUT2D eigenvalue weighted by Gasteiger charge is 2.20. The van der Waals surface area contributed by atoms with Gasteiger partial charge < -0.3 is 15.2 Å². The lowest BCUT2D eigenvalue weighted by Crippen LogP contribution is -2.41. The molecule has 0 saturated carbocycles. The van der Waals surface area contributed by atoms with Crippen LogP contribution in [0.2, 0.25) is 0 Å². The van der Waals surface area contributed by atoms with E-state index in [0.717, 1.165) is 0 Å². The fraction of sp³-hybridized carbons (Fsp3) is 0.385. The van der Waals surface area contributed by atoms with Crippen LogP contribution in [-0.2, 0) is 9.53 Å². The van der Waals surface area contributed by atoms with E-state index in [2.05, 4.69) is 10.3 Å². The smallest absolute Gasteiger partial charge is 0.326 e. The van der Waals surface area contributed by atoms with Gasteiger partial charge in [-0.15, -0.1) is 0 Å². The molecule has 1 amide bonds. The van der Waals surface area contributed by atoms with Crippen LogP contribution in [-0.4, -0.2) is 41.7 Å². The Bertz CT molecular complexity index is 507. The first kappa shape index (κ1) is 15.6. The number of carboxylic acids is 1. The van der Waals surface area contributed by atoms with Crippen LogP contribution in [0.25, 0.3) is 0 Å². The van der Waals surface area contributed by atoms with Gasteiger partial charge in [0.2, 0.25) is 0 Å². The molecule has 0 spiro atoms. The van der Waals surface area contributed by atoms with Crippen molar-refractivity contribution >= 4 is 11.9 Å². The van der Waals surface area contributed by atoms with E-state index in [1.165, 1.54) is 25.4 Å². The van der Waals surface area contributed by atoms with Gasteiger partial charge in [0, 0.05) is 19.9 Å². The Balaban J connectivity index is 2.65. The summed E-state index contributed by atoms with van der Waals surface area (Å²) < 4.78 is 4.84. The highest BCUT2D eigenvalue weighted by Crippen LogP contribution is 2.02. The van der Waals surface area contributed by atoms with Crippen LogP contribution in [0.4, 0.5) is 0 Å². The van der Waals surface area contributed by atoms with Gasteiger partial charge in [0.05, 0.1) is 5.56 Å². The number of nitriles is 1. The number of nitrogens with one attached hydrogen (secondary N) is 1. The van der Waals surface area contributed by atoms with E-state index in [0.29, 0.717) is 18.6 Å². The molecule has 1 unspecified atom stereocenters. The molecule has 0 fully saturated rings. The molecule has 1 aromatic rings. The van der Waals surface area contributed by atoms with Gasteiger partial charge in [0.15, 0.2) is 0 Å². The second kappa shape index (κ2) is 7.86. The van der Waals surface area contributed by atoms with Gasteiger partial charge in [-0.2, -0.15) is 5.26 Å². The van der Waals surface area contributed by atoms with Gasteiger partial charge in [-0.05, 0) is 25.0 Å². The summed E-state index contributed by atoms with van der Waals surface area (Å²) in [6.45, 7) is 0.425. The van der Waals surface area contributed by atoms with Crippen molar-refractivity contribution in [2.24, 2.45) is 0 Å². The number of aliphatic carboxylic acids is 1. The van der Waals surface area contributed by atoms with Crippen LogP contribution in [0.1, 0.15) is 28.9 Å². The lowest BCUT2D eigenvalue weighted by Gasteiger charge is -2.13. The summed E-state index contributed by atoms with van der Waals surface area (Å²) in [5.74, 6) is -1.69. The highest BCUT2D eigenvalue weighted by molar-refractivity contribution is 5.94. The molecule has 0 aliphatic carbocycles. The number of carboxylic acid groups (broad SMARTS) is 1. The number of hydrogen-bond donors (Lipinski definition) is 2. The van der Waals surface area contributed by atoms with Crippen molar-refractivity contribution in [1.29, 1.82) is 5.26 Å². The minimum atomic E-state index is -1.11. The molecule has 2 N–H and O–H groups in total. The van der Waals surface area contributed by atoms with E-state index in [1.807, 2.05) is 6.07 Å². The van der Waals surface area contributed by atoms with E-state index >= 15 is 0 Å². The third-order valence-corrected chi connectivity index (χ3v) is 2.57. The maximum Gasteiger partial charge on any atom is 0.326 e. The third-order valence-electron chi connectivity index (χ3n) is 2.57. The van der Waals surface area contributed by atoms with E-state index in [9.17, 15) is 9.59 Å². The van der Waals surface area contributed by atoms with Crippen molar-refractivity contribution in [2.45, 2.75) is 18.9 Å². The Morgan fingerprint density at radius 1 is 1.55 bits per heavy atom. The largest absolute Gasteiger partial charge is 0.480 e.